The number of carbonyl (C=O) groups is 2. The van der Waals surface area contributed by atoms with Crippen LogP contribution in [0.4, 0.5) is 0 Å². The first-order chi connectivity index (χ1) is 13.4. The molecule has 0 spiro atoms. The fourth-order valence-electron chi connectivity index (χ4n) is 8.12. The second-order valence-electron chi connectivity index (χ2n) is 12.3. The molecule has 4 aliphatic rings. The molecule has 3 saturated carbocycles. The number of rotatable bonds is 1. The lowest BCUT2D eigenvalue weighted by Crippen LogP contribution is -2.61. The Morgan fingerprint density at radius 1 is 1.10 bits per heavy atom. The summed E-state index contributed by atoms with van der Waals surface area (Å²) >= 11 is 0. The highest BCUT2D eigenvalue weighted by Gasteiger charge is 2.63. The molecule has 0 bridgehead atoms. The van der Waals surface area contributed by atoms with Gasteiger partial charge in [-0.1, -0.05) is 20.8 Å². The summed E-state index contributed by atoms with van der Waals surface area (Å²) in [6.45, 7) is 13.1. The van der Waals surface area contributed by atoms with Crippen LogP contribution in [0, 0.1) is 39.9 Å². The third kappa shape index (κ3) is 3.07. The Hall–Kier alpha value is -1.06. The van der Waals surface area contributed by atoms with Gasteiger partial charge in [0, 0.05) is 24.9 Å². The molecule has 4 rings (SSSR count). The third-order valence-corrected chi connectivity index (χ3v) is 9.65. The SMILES string of the molecule is CC1CC(OC(=O)C(C)(C)C)[C@@]2(C)CC[C@@H]3[C@@H](CCC4N(C)C(=O)CC[C@@]43C)[C@H]12. The monoisotopic (exact) mass is 403 g/mol. The molecule has 29 heavy (non-hydrogen) atoms. The maximum atomic E-state index is 12.7. The molecule has 0 N–H and O–H groups in total. The molecule has 4 fully saturated rings. The number of hydrogen-bond acceptors (Lipinski definition) is 3. The van der Waals surface area contributed by atoms with Crippen LogP contribution in [0.3, 0.4) is 0 Å². The lowest BCUT2D eigenvalue weighted by atomic mass is 9.46. The summed E-state index contributed by atoms with van der Waals surface area (Å²) in [7, 11) is 2.03. The van der Waals surface area contributed by atoms with E-state index in [4.69, 9.17) is 4.74 Å². The van der Waals surface area contributed by atoms with Gasteiger partial charge in [-0.3, -0.25) is 9.59 Å². The highest BCUT2D eigenvalue weighted by atomic mass is 16.5. The minimum Gasteiger partial charge on any atom is -0.461 e. The zero-order chi connectivity index (χ0) is 21.4. The van der Waals surface area contributed by atoms with Gasteiger partial charge in [-0.05, 0) is 88.4 Å². The summed E-state index contributed by atoms with van der Waals surface area (Å²) < 4.78 is 6.17. The Kier molecular flexibility index (Phi) is 4.91. The Labute approximate surface area is 177 Å². The minimum atomic E-state index is -0.445. The quantitative estimate of drug-likeness (QED) is 0.575. The summed E-state index contributed by atoms with van der Waals surface area (Å²) in [5.74, 6) is 2.88. The normalized spacial score (nSPS) is 47.3. The van der Waals surface area contributed by atoms with Crippen molar-refractivity contribution < 1.29 is 14.3 Å². The first-order valence-corrected chi connectivity index (χ1v) is 11.9. The van der Waals surface area contributed by atoms with Gasteiger partial charge in [0.25, 0.3) is 0 Å². The summed E-state index contributed by atoms with van der Waals surface area (Å²) in [4.78, 5) is 27.1. The number of piperidine rings is 1. The number of amides is 1. The topological polar surface area (TPSA) is 46.6 Å². The predicted octanol–water partition coefficient (Wildman–Crippen LogP) is 5.05. The van der Waals surface area contributed by atoms with Crippen molar-refractivity contribution in [3.05, 3.63) is 0 Å². The van der Waals surface area contributed by atoms with Crippen LogP contribution in [0.1, 0.15) is 86.5 Å². The smallest absolute Gasteiger partial charge is 0.311 e. The first-order valence-electron chi connectivity index (χ1n) is 11.9. The molecule has 1 saturated heterocycles. The summed E-state index contributed by atoms with van der Waals surface area (Å²) in [6.07, 6.45) is 7.51. The van der Waals surface area contributed by atoms with Crippen molar-refractivity contribution in [3.63, 3.8) is 0 Å². The van der Waals surface area contributed by atoms with Crippen LogP contribution >= 0.6 is 0 Å². The van der Waals surface area contributed by atoms with Crippen LogP contribution in [0.5, 0.6) is 0 Å². The maximum absolute atomic E-state index is 12.7. The second-order valence-corrected chi connectivity index (χ2v) is 12.3. The van der Waals surface area contributed by atoms with Gasteiger partial charge in [0.1, 0.15) is 6.10 Å². The zero-order valence-electron chi connectivity index (χ0n) is 19.6. The predicted molar refractivity (Wildman–Crippen MR) is 114 cm³/mol. The molecular weight excluding hydrogens is 362 g/mol. The average molecular weight is 404 g/mol. The molecule has 0 aromatic carbocycles. The minimum absolute atomic E-state index is 0.0521. The van der Waals surface area contributed by atoms with Crippen molar-refractivity contribution in [2.75, 3.05) is 7.05 Å². The fourth-order valence-corrected chi connectivity index (χ4v) is 8.12. The Morgan fingerprint density at radius 3 is 2.45 bits per heavy atom. The van der Waals surface area contributed by atoms with Gasteiger partial charge in [0.2, 0.25) is 5.91 Å². The van der Waals surface area contributed by atoms with Crippen LogP contribution in [0.2, 0.25) is 0 Å². The van der Waals surface area contributed by atoms with E-state index in [-0.39, 0.29) is 22.9 Å². The van der Waals surface area contributed by atoms with Crippen LogP contribution in [-0.4, -0.2) is 36.0 Å². The molecule has 1 heterocycles. The number of ether oxygens (including phenoxy) is 1. The fraction of sp³-hybridized carbons (Fsp3) is 0.920. The lowest BCUT2D eigenvalue weighted by molar-refractivity contribution is -0.175. The van der Waals surface area contributed by atoms with E-state index in [0.717, 1.165) is 25.7 Å². The lowest BCUT2D eigenvalue weighted by Gasteiger charge is -2.62. The van der Waals surface area contributed by atoms with Gasteiger partial charge < -0.3 is 9.64 Å². The highest BCUT2D eigenvalue weighted by molar-refractivity contribution is 5.77. The zero-order valence-corrected chi connectivity index (χ0v) is 19.6. The number of fused-ring (bicyclic) bond motifs is 5. The first kappa shape index (κ1) is 21.2. The third-order valence-electron chi connectivity index (χ3n) is 9.65. The van der Waals surface area contributed by atoms with Crippen LogP contribution in [-0.2, 0) is 14.3 Å². The molecule has 4 heteroatoms. The molecule has 0 radical (unpaired) electrons. The van der Waals surface area contributed by atoms with Gasteiger partial charge >= 0.3 is 5.97 Å². The van der Waals surface area contributed by atoms with E-state index >= 15 is 0 Å². The van der Waals surface area contributed by atoms with E-state index in [1.807, 2.05) is 27.8 Å². The summed E-state index contributed by atoms with van der Waals surface area (Å²) in [5.41, 5.74) is -0.104. The summed E-state index contributed by atoms with van der Waals surface area (Å²) in [5, 5.41) is 0. The van der Waals surface area contributed by atoms with Gasteiger partial charge in [-0.2, -0.15) is 0 Å². The van der Waals surface area contributed by atoms with Crippen LogP contribution < -0.4 is 0 Å². The van der Waals surface area contributed by atoms with Gasteiger partial charge in [-0.25, -0.2) is 0 Å². The van der Waals surface area contributed by atoms with E-state index in [2.05, 4.69) is 25.7 Å². The molecule has 1 amide bonds. The molecule has 8 atom stereocenters. The van der Waals surface area contributed by atoms with Crippen molar-refractivity contribution in [2.24, 2.45) is 39.9 Å². The standard InChI is InChI=1S/C25H41NO3/c1-15-14-19(29-22(28)23(2,3)4)25(6)12-10-17-16(21(15)25)8-9-18-24(17,5)13-11-20(27)26(18)7/h15-19,21H,8-14H2,1-7H3/t15?,16-,17-,18?,19?,21+,24-,25-/m1/s1. The van der Waals surface area contributed by atoms with E-state index < -0.39 is 5.41 Å². The molecule has 4 nitrogen and oxygen atoms in total. The number of likely N-dealkylation sites (tertiary alicyclic amines) is 1. The maximum Gasteiger partial charge on any atom is 0.311 e. The Balaban J connectivity index is 1.60. The van der Waals surface area contributed by atoms with E-state index in [9.17, 15) is 9.59 Å². The number of carbonyl (C=O) groups excluding carboxylic acids is 2. The second kappa shape index (κ2) is 6.72. The highest BCUT2D eigenvalue weighted by Crippen LogP contribution is 2.66. The van der Waals surface area contributed by atoms with Crippen LogP contribution in [0.25, 0.3) is 0 Å². The Bertz CT molecular complexity index is 697. The molecule has 1 aliphatic heterocycles. The van der Waals surface area contributed by atoms with Crippen molar-refractivity contribution >= 4 is 11.9 Å². The van der Waals surface area contributed by atoms with Crippen molar-refractivity contribution in [2.45, 2.75) is 98.6 Å². The largest absolute Gasteiger partial charge is 0.461 e. The van der Waals surface area contributed by atoms with Crippen LogP contribution in [0.15, 0.2) is 0 Å². The van der Waals surface area contributed by atoms with Crippen molar-refractivity contribution in [1.29, 1.82) is 0 Å². The molecule has 3 aliphatic carbocycles. The van der Waals surface area contributed by atoms with Gasteiger partial charge in [-0.15, -0.1) is 0 Å². The molecule has 164 valence electrons. The number of nitrogens with zero attached hydrogens (tertiary/aromatic N) is 1. The molecule has 0 aromatic heterocycles. The van der Waals surface area contributed by atoms with E-state index in [1.54, 1.807) is 0 Å². The van der Waals surface area contributed by atoms with Crippen molar-refractivity contribution in [1.82, 2.24) is 4.90 Å². The van der Waals surface area contributed by atoms with Gasteiger partial charge in [0.15, 0.2) is 0 Å². The number of hydrogen-bond donors (Lipinski definition) is 0. The average Bonchev–Trinajstić information content (AvgIpc) is 2.88. The number of esters is 1. The van der Waals surface area contributed by atoms with E-state index in [1.165, 1.54) is 12.8 Å². The van der Waals surface area contributed by atoms with Gasteiger partial charge in [0.05, 0.1) is 5.41 Å². The van der Waals surface area contributed by atoms with E-state index in [0.29, 0.717) is 42.0 Å². The molecular formula is C25H41NO3. The van der Waals surface area contributed by atoms with Crippen molar-refractivity contribution in [3.8, 4) is 0 Å². The molecule has 3 unspecified atom stereocenters. The summed E-state index contributed by atoms with van der Waals surface area (Å²) in [6, 6.07) is 0.403. The molecule has 0 aromatic rings. The Morgan fingerprint density at radius 2 is 1.79 bits per heavy atom.